The summed E-state index contributed by atoms with van der Waals surface area (Å²) < 4.78 is 0. The van der Waals surface area contributed by atoms with E-state index >= 15 is 0 Å². The van der Waals surface area contributed by atoms with Crippen molar-refractivity contribution in [2.24, 2.45) is 0 Å². The molecule has 0 aliphatic carbocycles. The van der Waals surface area contributed by atoms with Crippen LogP contribution in [-0.4, -0.2) is 33.9 Å². The van der Waals surface area contributed by atoms with Crippen molar-refractivity contribution in [3.8, 4) is 11.5 Å². The normalized spacial score (nSPS) is 12.1. The highest BCUT2D eigenvalue weighted by atomic mass is 16.3. The summed E-state index contributed by atoms with van der Waals surface area (Å²) in [4.78, 5) is 11.7. The Morgan fingerprint density at radius 1 is 1.44 bits per heavy atom. The summed E-state index contributed by atoms with van der Waals surface area (Å²) in [6.45, 7) is 1.66. The Bertz CT molecular complexity index is 374. The van der Waals surface area contributed by atoms with Crippen LogP contribution in [0.3, 0.4) is 0 Å². The lowest BCUT2D eigenvalue weighted by atomic mass is 10.1. The Morgan fingerprint density at radius 2 is 2.12 bits per heavy atom. The highest BCUT2D eigenvalue weighted by Crippen LogP contribution is 2.27. The molecular weight excluding hydrogens is 210 g/mol. The summed E-state index contributed by atoms with van der Waals surface area (Å²) in [5.41, 5.74) is -0.00750. The number of rotatable bonds is 4. The molecular formula is C11H15NO4. The number of hydrogen-bond acceptors (Lipinski definition) is 4. The molecule has 0 aliphatic rings. The molecule has 1 amide bonds. The number of phenolic OH excluding ortho intramolecular Hbond substituents is 2. The van der Waals surface area contributed by atoms with Crippen molar-refractivity contribution in [1.29, 1.82) is 0 Å². The van der Waals surface area contributed by atoms with Crippen LogP contribution in [0.2, 0.25) is 0 Å². The van der Waals surface area contributed by atoms with Crippen molar-refractivity contribution in [2.75, 3.05) is 6.61 Å². The first-order valence-electron chi connectivity index (χ1n) is 5.02. The van der Waals surface area contributed by atoms with E-state index in [2.05, 4.69) is 5.32 Å². The van der Waals surface area contributed by atoms with E-state index in [1.54, 1.807) is 0 Å². The van der Waals surface area contributed by atoms with Gasteiger partial charge in [-0.05, 0) is 18.6 Å². The number of nitrogens with one attached hydrogen (secondary N) is 1. The minimum absolute atomic E-state index is 0.00750. The van der Waals surface area contributed by atoms with Crippen molar-refractivity contribution in [3.63, 3.8) is 0 Å². The van der Waals surface area contributed by atoms with Gasteiger partial charge in [0.05, 0.1) is 18.2 Å². The standard InChI is InChI=1S/C11H15NO4/c1-2-7(6-13)12-11(16)8-4-3-5-9(14)10(8)15/h3-5,7,13-15H,2,6H2,1H3,(H,12,16)/t7-/m0/s1. The van der Waals surface area contributed by atoms with Gasteiger partial charge in [-0.2, -0.15) is 0 Å². The summed E-state index contributed by atoms with van der Waals surface area (Å²) in [5, 5.41) is 30.1. The predicted octanol–water partition coefficient (Wildman–Crippen LogP) is 0.599. The second-order valence-electron chi connectivity index (χ2n) is 3.43. The van der Waals surface area contributed by atoms with E-state index in [9.17, 15) is 15.0 Å². The van der Waals surface area contributed by atoms with Crippen LogP contribution in [0.5, 0.6) is 11.5 Å². The van der Waals surface area contributed by atoms with Gasteiger partial charge in [-0.3, -0.25) is 4.79 Å². The van der Waals surface area contributed by atoms with E-state index in [0.717, 1.165) is 0 Å². The number of hydrogen-bond donors (Lipinski definition) is 4. The fourth-order valence-corrected chi connectivity index (χ4v) is 1.25. The quantitative estimate of drug-likeness (QED) is 0.565. The average Bonchev–Trinajstić information content (AvgIpc) is 2.29. The van der Waals surface area contributed by atoms with Crippen LogP contribution in [0.25, 0.3) is 0 Å². The molecule has 4 N–H and O–H groups in total. The van der Waals surface area contributed by atoms with E-state index in [0.29, 0.717) is 6.42 Å². The Labute approximate surface area is 93.4 Å². The van der Waals surface area contributed by atoms with Gasteiger partial charge in [-0.15, -0.1) is 0 Å². The molecule has 16 heavy (non-hydrogen) atoms. The summed E-state index contributed by atoms with van der Waals surface area (Å²) in [6, 6.07) is 3.79. The third-order valence-corrected chi connectivity index (χ3v) is 2.31. The third-order valence-electron chi connectivity index (χ3n) is 2.31. The number of aliphatic hydroxyl groups excluding tert-OH is 1. The Balaban J connectivity index is 2.84. The molecule has 0 heterocycles. The minimum Gasteiger partial charge on any atom is -0.504 e. The lowest BCUT2D eigenvalue weighted by molar-refractivity contribution is 0.0911. The minimum atomic E-state index is -0.519. The zero-order valence-electron chi connectivity index (χ0n) is 8.97. The Hall–Kier alpha value is -1.75. The van der Waals surface area contributed by atoms with Gasteiger partial charge in [0, 0.05) is 0 Å². The maximum absolute atomic E-state index is 11.7. The summed E-state index contributed by atoms with van der Waals surface area (Å²) in [6.07, 6.45) is 0.585. The van der Waals surface area contributed by atoms with E-state index in [4.69, 9.17) is 5.11 Å². The van der Waals surface area contributed by atoms with Crippen LogP contribution >= 0.6 is 0 Å². The average molecular weight is 225 g/mol. The van der Waals surface area contributed by atoms with Crippen LogP contribution < -0.4 is 5.32 Å². The lowest BCUT2D eigenvalue weighted by Gasteiger charge is -2.14. The van der Waals surface area contributed by atoms with Crippen molar-refractivity contribution >= 4 is 5.91 Å². The van der Waals surface area contributed by atoms with Crippen LogP contribution in [-0.2, 0) is 0 Å². The van der Waals surface area contributed by atoms with Crippen LogP contribution in [0.1, 0.15) is 23.7 Å². The smallest absolute Gasteiger partial charge is 0.255 e. The van der Waals surface area contributed by atoms with Crippen LogP contribution in [0.4, 0.5) is 0 Å². The number of para-hydroxylation sites is 1. The number of aromatic hydroxyl groups is 2. The van der Waals surface area contributed by atoms with Gasteiger partial charge >= 0.3 is 0 Å². The molecule has 1 aromatic rings. The number of amides is 1. The number of aliphatic hydroxyl groups is 1. The number of benzene rings is 1. The topological polar surface area (TPSA) is 89.8 Å². The molecule has 5 heteroatoms. The number of carbonyl (C=O) groups excluding carboxylic acids is 1. The first kappa shape index (κ1) is 12.3. The largest absolute Gasteiger partial charge is 0.504 e. The van der Waals surface area contributed by atoms with Crippen LogP contribution in [0, 0.1) is 0 Å². The highest BCUT2D eigenvalue weighted by molar-refractivity contribution is 5.97. The Kier molecular flexibility index (Phi) is 4.13. The van der Waals surface area contributed by atoms with E-state index in [1.165, 1.54) is 18.2 Å². The molecule has 0 aliphatic heterocycles. The molecule has 0 fully saturated rings. The second kappa shape index (κ2) is 5.37. The molecule has 0 saturated heterocycles. The monoisotopic (exact) mass is 225 g/mol. The van der Waals surface area contributed by atoms with Gasteiger partial charge < -0.3 is 20.6 Å². The first-order valence-corrected chi connectivity index (χ1v) is 5.02. The molecule has 1 rings (SSSR count). The maximum atomic E-state index is 11.7. The number of phenols is 2. The van der Waals surface area contributed by atoms with Crippen molar-refractivity contribution in [3.05, 3.63) is 23.8 Å². The SMILES string of the molecule is CC[C@@H](CO)NC(=O)c1cccc(O)c1O. The molecule has 0 spiro atoms. The molecule has 88 valence electrons. The van der Waals surface area contributed by atoms with Crippen molar-refractivity contribution < 1.29 is 20.1 Å². The first-order chi connectivity index (χ1) is 7.60. The molecule has 5 nitrogen and oxygen atoms in total. The van der Waals surface area contributed by atoms with E-state index < -0.39 is 11.7 Å². The van der Waals surface area contributed by atoms with Crippen molar-refractivity contribution in [1.82, 2.24) is 5.32 Å². The van der Waals surface area contributed by atoms with Gasteiger partial charge in [0.15, 0.2) is 11.5 Å². The molecule has 0 aromatic heterocycles. The van der Waals surface area contributed by atoms with Gasteiger partial charge in [0.2, 0.25) is 0 Å². The third kappa shape index (κ3) is 2.64. The zero-order valence-corrected chi connectivity index (χ0v) is 8.97. The fourth-order valence-electron chi connectivity index (χ4n) is 1.25. The predicted molar refractivity (Wildman–Crippen MR) is 58.4 cm³/mol. The second-order valence-corrected chi connectivity index (χ2v) is 3.43. The molecule has 0 radical (unpaired) electrons. The molecule has 1 aromatic carbocycles. The summed E-state index contributed by atoms with van der Waals surface area (Å²) >= 11 is 0. The van der Waals surface area contributed by atoms with Gasteiger partial charge in [0.1, 0.15) is 0 Å². The zero-order chi connectivity index (χ0) is 12.1. The van der Waals surface area contributed by atoms with Crippen LogP contribution in [0.15, 0.2) is 18.2 Å². The summed E-state index contributed by atoms with van der Waals surface area (Å²) in [5.74, 6) is -1.31. The highest BCUT2D eigenvalue weighted by Gasteiger charge is 2.16. The number of carbonyl (C=O) groups is 1. The van der Waals surface area contributed by atoms with Gasteiger partial charge in [0.25, 0.3) is 5.91 Å². The molecule has 1 atom stereocenters. The fraction of sp³-hybridized carbons (Fsp3) is 0.364. The van der Waals surface area contributed by atoms with Gasteiger partial charge in [-0.25, -0.2) is 0 Å². The maximum Gasteiger partial charge on any atom is 0.255 e. The van der Waals surface area contributed by atoms with E-state index in [1.807, 2.05) is 6.92 Å². The van der Waals surface area contributed by atoms with Gasteiger partial charge in [-0.1, -0.05) is 13.0 Å². The van der Waals surface area contributed by atoms with E-state index in [-0.39, 0.29) is 24.0 Å². The Morgan fingerprint density at radius 3 is 2.69 bits per heavy atom. The molecule has 0 saturated carbocycles. The molecule has 0 unspecified atom stereocenters. The summed E-state index contributed by atoms with van der Waals surface area (Å²) in [7, 11) is 0. The molecule has 0 bridgehead atoms. The van der Waals surface area contributed by atoms with Crippen molar-refractivity contribution in [2.45, 2.75) is 19.4 Å². The lowest BCUT2D eigenvalue weighted by Crippen LogP contribution is -2.36.